The minimum absolute atomic E-state index is 0.369. The minimum Gasteiger partial charge on any atom is -0.447 e. The van der Waals surface area contributed by atoms with Gasteiger partial charge in [0.05, 0.1) is 6.54 Å². The lowest BCUT2D eigenvalue weighted by atomic mass is 10.0. The molecule has 0 radical (unpaired) electrons. The summed E-state index contributed by atoms with van der Waals surface area (Å²) in [6.45, 7) is 2.74. The molecule has 1 saturated carbocycles. The number of ether oxygens (including phenoxy) is 1. The smallest absolute Gasteiger partial charge is 0.415 e. The summed E-state index contributed by atoms with van der Waals surface area (Å²) in [5.41, 5.74) is 6.18. The summed E-state index contributed by atoms with van der Waals surface area (Å²) in [5.74, 6) is 2.54. The number of hydrogen-bond donors (Lipinski definition) is 1. The van der Waals surface area contributed by atoms with Crippen molar-refractivity contribution in [2.45, 2.75) is 25.7 Å². The van der Waals surface area contributed by atoms with Gasteiger partial charge in [0.1, 0.15) is 29.6 Å². The number of amides is 1. The molecule has 3 heterocycles. The van der Waals surface area contributed by atoms with Crippen LogP contribution in [0, 0.1) is 6.92 Å². The van der Waals surface area contributed by atoms with Gasteiger partial charge >= 0.3 is 6.09 Å². The molecule has 1 saturated heterocycles. The molecule has 6 rings (SSSR count). The largest absolute Gasteiger partial charge is 0.447 e. The highest BCUT2D eigenvalue weighted by molar-refractivity contribution is 5.88. The van der Waals surface area contributed by atoms with Gasteiger partial charge in [-0.05, 0) is 54.5 Å². The van der Waals surface area contributed by atoms with E-state index in [9.17, 15) is 4.79 Å². The summed E-state index contributed by atoms with van der Waals surface area (Å²) in [5, 5.41) is 7.48. The zero-order valence-electron chi connectivity index (χ0n) is 18.8. The van der Waals surface area contributed by atoms with E-state index in [2.05, 4.69) is 51.9 Å². The number of rotatable bonds is 6. The first-order chi connectivity index (χ1) is 16.7. The molecule has 0 bridgehead atoms. The molecule has 0 spiro atoms. The summed E-state index contributed by atoms with van der Waals surface area (Å²) in [6, 6.07) is 22.6. The van der Waals surface area contributed by atoms with Crippen molar-refractivity contribution in [1.82, 2.24) is 10.1 Å². The third-order valence-electron chi connectivity index (χ3n) is 6.33. The van der Waals surface area contributed by atoms with Crippen molar-refractivity contribution in [3.8, 4) is 22.5 Å². The van der Waals surface area contributed by atoms with Crippen LogP contribution in [0.4, 0.5) is 22.1 Å². The second kappa shape index (κ2) is 8.33. The molecule has 1 aliphatic heterocycles. The molecule has 170 valence electrons. The normalized spacial score (nSPS) is 15.4. The molecule has 2 fully saturated rings. The van der Waals surface area contributed by atoms with Crippen LogP contribution >= 0.6 is 0 Å². The maximum absolute atomic E-state index is 11.9. The number of benzene rings is 2. The van der Waals surface area contributed by atoms with E-state index in [1.165, 1.54) is 28.9 Å². The fourth-order valence-electron chi connectivity index (χ4n) is 4.27. The number of carbonyl (C=O) groups excluding carboxylic acids is 1. The highest BCUT2D eigenvalue weighted by Crippen LogP contribution is 2.40. The number of pyridine rings is 1. The molecule has 0 unspecified atom stereocenters. The molecular formula is C27H24N4O3. The van der Waals surface area contributed by atoms with E-state index in [1.54, 1.807) is 6.07 Å². The fourth-order valence-corrected chi connectivity index (χ4v) is 4.27. The van der Waals surface area contributed by atoms with E-state index < -0.39 is 0 Å². The Hall–Kier alpha value is -4.13. The Bertz CT molecular complexity index is 1340. The minimum atomic E-state index is -0.381. The molecule has 2 aromatic heterocycles. The molecule has 2 aromatic carbocycles. The number of aryl methyl sites for hydroxylation is 1. The van der Waals surface area contributed by atoms with Crippen LogP contribution < -0.4 is 10.2 Å². The Labute approximate surface area is 197 Å². The van der Waals surface area contributed by atoms with E-state index in [0.29, 0.717) is 30.5 Å². The van der Waals surface area contributed by atoms with Gasteiger partial charge in [-0.3, -0.25) is 4.90 Å². The second-order valence-electron chi connectivity index (χ2n) is 8.72. The summed E-state index contributed by atoms with van der Waals surface area (Å²) in [7, 11) is 0. The first-order valence-electron chi connectivity index (χ1n) is 11.5. The lowest BCUT2D eigenvalue weighted by Gasteiger charge is -2.13. The summed E-state index contributed by atoms with van der Waals surface area (Å²) in [6.07, 6.45) is 2.24. The van der Waals surface area contributed by atoms with Gasteiger partial charge in [0.2, 0.25) is 0 Å². The van der Waals surface area contributed by atoms with Crippen molar-refractivity contribution in [2.75, 3.05) is 23.4 Å². The van der Waals surface area contributed by atoms with Gasteiger partial charge in [0, 0.05) is 5.56 Å². The molecule has 34 heavy (non-hydrogen) atoms. The highest BCUT2D eigenvalue weighted by atomic mass is 16.6. The number of hydrogen-bond acceptors (Lipinski definition) is 6. The quantitative estimate of drug-likeness (QED) is 0.370. The number of nitrogens with zero attached hydrogens (tertiary/aromatic N) is 3. The van der Waals surface area contributed by atoms with Crippen LogP contribution in [0.3, 0.4) is 0 Å². The number of aromatic nitrogens is 2. The average molecular weight is 453 g/mol. The number of nitrogens with one attached hydrogen (secondary N) is 1. The van der Waals surface area contributed by atoms with Crippen molar-refractivity contribution in [1.29, 1.82) is 0 Å². The number of cyclic esters (lactones) is 1. The lowest BCUT2D eigenvalue weighted by Crippen LogP contribution is -2.24. The Morgan fingerprint density at radius 2 is 1.65 bits per heavy atom. The van der Waals surface area contributed by atoms with Crippen LogP contribution in [0.15, 0.2) is 71.3 Å². The van der Waals surface area contributed by atoms with Crippen LogP contribution in [0.5, 0.6) is 0 Å². The molecular weight excluding hydrogens is 428 g/mol. The summed E-state index contributed by atoms with van der Waals surface area (Å²) >= 11 is 0. The Balaban J connectivity index is 1.24. The molecule has 7 heteroatoms. The van der Waals surface area contributed by atoms with E-state index in [0.717, 1.165) is 28.4 Å². The van der Waals surface area contributed by atoms with Crippen LogP contribution in [0.1, 0.15) is 30.0 Å². The average Bonchev–Trinajstić information content (AvgIpc) is 3.54. The zero-order valence-corrected chi connectivity index (χ0v) is 18.8. The third kappa shape index (κ3) is 3.90. The van der Waals surface area contributed by atoms with Crippen molar-refractivity contribution >= 4 is 23.4 Å². The van der Waals surface area contributed by atoms with Gasteiger partial charge in [-0.15, -0.1) is 0 Å². The molecule has 4 aromatic rings. The molecule has 1 amide bonds. The van der Waals surface area contributed by atoms with E-state index in [-0.39, 0.29) is 6.09 Å². The van der Waals surface area contributed by atoms with Crippen molar-refractivity contribution in [2.24, 2.45) is 0 Å². The monoisotopic (exact) mass is 452 g/mol. The van der Waals surface area contributed by atoms with Crippen LogP contribution in [0.2, 0.25) is 0 Å². The van der Waals surface area contributed by atoms with Crippen LogP contribution in [-0.2, 0) is 4.74 Å². The molecule has 7 nitrogen and oxygen atoms in total. The molecule has 1 aliphatic carbocycles. The highest BCUT2D eigenvalue weighted by Gasteiger charge is 2.25. The summed E-state index contributed by atoms with van der Waals surface area (Å²) in [4.78, 5) is 18.0. The van der Waals surface area contributed by atoms with E-state index in [4.69, 9.17) is 9.26 Å². The van der Waals surface area contributed by atoms with Crippen molar-refractivity contribution < 1.29 is 14.1 Å². The third-order valence-corrected chi connectivity index (χ3v) is 6.33. The van der Waals surface area contributed by atoms with Gasteiger partial charge in [0.15, 0.2) is 5.76 Å². The molecule has 0 atom stereocenters. The van der Waals surface area contributed by atoms with Crippen molar-refractivity contribution in [3.63, 3.8) is 0 Å². The molecule has 2 aliphatic rings. The van der Waals surface area contributed by atoms with E-state index >= 15 is 0 Å². The SMILES string of the molecule is Cc1noc(-c2ccc(-c3ccc(C4CC4)cc3)cc2)c1Nc1cccc(N2CCOC2=O)n1. The predicted molar refractivity (Wildman–Crippen MR) is 130 cm³/mol. The summed E-state index contributed by atoms with van der Waals surface area (Å²) < 4.78 is 10.7. The second-order valence-corrected chi connectivity index (χ2v) is 8.72. The van der Waals surface area contributed by atoms with Crippen LogP contribution in [-0.4, -0.2) is 29.4 Å². The van der Waals surface area contributed by atoms with Gasteiger partial charge in [-0.2, -0.15) is 0 Å². The lowest BCUT2D eigenvalue weighted by molar-refractivity contribution is 0.181. The Morgan fingerprint density at radius 1 is 0.941 bits per heavy atom. The fraction of sp³-hybridized carbons (Fsp3) is 0.222. The van der Waals surface area contributed by atoms with Gasteiger partial charge < -0.3 is 14.6 Å². The maximum atomic E-state index is 11.9. The topological polar surface area (TPSA) is 80.5 Å². The van der Waals surface area contributed by atoms with Crippen molar-refractivity contribution in [3.05, 3.63) is 78.0 Å². The first-order valence-corrected chi connectivity index (χ1v) is 11.5. The maximum Gasteiger partial charge on any atom is 0.415 e. The Kier molecular flexibility index (Phi) is 5.02. The van der Waals surface area contributed by atoms with Gasteiger partial charge in [-0.1, -0.05) is 59.8 Å². The number of carbonyl (C=O) groups is 1. The first kappa shape index (κ1) is 20.5. The number of anilines is 3. The Morgan fingerprint density at radius 3 is 2.32 bits per heavy atom. The predicted octanol–water partition coefficient (Wildman–Crippen LogP) is 6.29. The van der Waals surface area contributed by atoms with Crippen LogP contribution in [0.25, 0.3) is 22.5 Å². The van der Waals surface area contributed by atoms with Gasteiger partial charge in [-0.25, -0.2) is 9.78 Å². The van der Waals surface area contributed by atoms with E-state index in [1.807, 2.05) is 31.2 Å². The standard InChI is InChI=1S/C27H24N4O3/c1-17-25(29-23-3-2-4-24(28-23)31-15-16-33-27(31)32)26(34-30-17)22-13-11-21(12-14-22)20-9-7-19(8-10-20)18-5-6-18/h2-4,7-14,18H,5-6,15-16H2,1H3,(H,28,29). The molecule has 1 N–H and O–H groups in total. The van der Waals surface area contributed by atoms with Gasteiger partial charge in [0.25, 0.3) is 0 Å². The zero-order chi connectivity index (χ0) is 23.1.